The van der Waals surface area contributed by atoms with Crippen LogP contribution in [0.1, 0.15) is 18.4 Å². The van der Waals surface area contributed by atoms with Gasteiger partial charge in [0.1, 0.15) is 0 Å². The molecule has 0 fully saturated rings. The molecule has 1 aromatic rings. The molecule has 0 aliphatic carbocycles. The van der Waals surface area contributed by atoms with Crippen molar-refractivity contribution in [1.82, 2.24) is 0 Å². The summed E-state index contributed by atoms with van der Waals surface area (Å²) in [6.45, 7) is 3.44. The van der Waals surface area contributed by atoms with Crippen molar-refractivity contribution in [2.24, 2.45) is 5.14 Å². The normalized spacial score (nSPS) is 11.3. The molecule has 0 radical (unpaired) electrons. The minimum atomic E-state index is -3.55. The van der Waals surface area contributed by atoms with E-state index in [1.54, 1.807) is 0 Å². The number of allylic oxidation sites excluding steroid dienone is 1. The SMILES string of the molecule is C=C(CCCc1ccccc1)S(N)(=O)=O. The Morgan fingerprint density at radius 1 is 1.27 bits per heavy atom. The van der Waals surface area contributed by atoms with E-state index < -0.39 is 10.0 Å². The van der Waals surface area contributed by atoms with Crippen molar-refractivity contribution in [2.75, 3.05) is 0 Å². The van der Waals surface area contributed by atoms with E-state index in [9.17, 15) is 8.42 Å². The van der Waals surface area contributed by atoms with E-state index in [1.165, 1.54) is 5.56 Å². The van der Waals surface area contributed by atoms with Gasteiger partial charge in [-0.15, -0.1) is 0 Å². The van der Waals surface area contributed by atoms with Gasteiger partial charge in [-0.25, -0.2) is 13.6 Å². The summed E-state index contributed by atoms with van der Waals surface area (Å²) in [6, 6.07) is 9.90. The molecule has 0 aromatic heterocycles. The number of primary sulfonamides is 1. The van der Waals surface area contributed by atoms with Crippen LogP contribution < -0.4 is 5.14 Å². The molecule has 15 heavy (non-hydrogen) atoms. The van der Waals surface area contributed by atoms with Gasteiger partial charge < -0.3 is 0 Å². The molecule has 0 saturated heterocycles. The summed E-state index contributed by atoms with van der Waals surface area (Å²) in [6.07, 6.45) is 2.02. The Hall–Kier alpha value is -1.13. The molecule has 4 heteroatoms. The van der Waals surface area contributed by atoms with Crippen LogP contribution in [-0.2, 0) is 16.4 Å². The van der Waals surface area contributed by atoms with Gasteiger partial charge in [-0.05, 0) is 24.8 Å². The fourth-order valence-electron chi connectivity index (χ4n) is 1.28. The maximum Gasteiger partial charge on any atom is 0.233 e. The van der Waals surface area contributed by atoms with Gasteiger partial charge in [-0.3, -0.25) is 0 Å². The third kappa shape index (κ3) is 4.27. The zero-order chi connectivity index (χ0) is 11.3. The largest absolute Gasteiger partial charge is 0.233 e. The molecule has 1 rings (SSSR count). The van der Waals surface area contributed by atoms with Gasteiger partial charge in [0, 0.05) is 0 Å². The number of aryl methyl sites for hydroxylation is 1. The lowest BCUT2D eigenvalue weighted by atomic mass is 10.1. The average Bonchev–Trinajstić information content (AvgIpc) is 2.18. The highest BCUT2D eigenvalue weighted by atomic mass is 32.2. The summed E-state index contributed by atoms with van der Waals surface area (Å²) in [5, 5.41) is 4.93. The van der Waals surface area contributed by atoms with E-state index >= 15 is 0 Å². The van der Waals surface area contributed by atoms with E-state index in [-0.39, 0.29) is 4.91 Å². The molecule has 0 amide bonds. The molecule has 0 aliphatic heterocycles. The lowest BCUT2D eigenvalue weighted by Gasteiger charge is -2.03. The Labute approximate surface area is 90.7 Å². The molecule has 0 bridgehead atoms. The molecule has 0 saturated carbocycles. The van der Waals surface area contributed by atoms with Crippen molar-refractivity contribution in [3.63, 3.8) is 0 Å². The summed E-state index contributed by atoms with van der Waals surface area (Å²) >= 11 is 0. The third-order valence-electron chi connectivity index (χ3n) is 2.17. The van der Waals surface area contributed by atoms with Gasteiger partial charge in [-0.1, -0.05) is 36.9 Å². The summed E-state index contributed by atoms with van der Waals surface area (Å²) in [7, 11) is -3.55. The lowest BCUT2D eigenvalue weighted by Crippen LogP contribution is -2.13. The summed E-state index contributed by atoms with van der Waals surface area (Å²) in [5.74, 6) is 0. The van der Waals surface area contributed by atoms with E-state index in [0.717, 1.165) is 12.8 Å². The first-order chi connectivity index (χ1) is 7.00. The Kier molecular flexibility index (Phi) is 4.05. The summed E-state index contributed by atoms with van der Waals surface area (Å²) in [4.78, 5) is 0.110. The molecular weight excluding hydrogens is 210 g/mol. The molecule has 3 nitrogen and oxygen atoms in total. The van der Waals surface area contributed by atoms with E-state index in [1.807, 2.05) is 30.3 Å². The minimum absolute atomic E-state index is 0.110. The number of hydrogen-bond acceptors (Lipinski definition) is 2. The van der Waals surface area contributed by atoms with Gasteiger partial charge >= 0.3 is 0 Å². The number of benzene rings is 1. The second kappa shape index (κ2) is 5.09. The number of hydrogen-bond donors (Lipinski definition) is 1. The maximum atomic E-state index is 10.9. The molecule has 2 N–H and O–H groups in total. The quantitative estimate of drug-likeness (QED) is 0.830. The standard InChI is InChI=1S/C11H15NO2S/c1-10(15(12,13)14)6-5-9-11-7-3-2-4-8-11/h2-4,7-8H,1,5-6,9H2,(H2,12,13,14). The number of sulfonamides is 1. The van der Waals surface area contributed by atoms with Gasteiger partial charge in [0.25, 0.3) is 0 Å². The van der Waals surface area contributed by atoms with E-state index in [2.05, 4.69) is 6.58 Å². The molecule has 0 heterocycles. The van der Waals surface area contributed by atoms with Crippen LogP contribution in [0.5, 0.6) is 0 Å². The fraction of sp³-hybridized carbons (Fsp3) is 0.273. The summed E-state index contributed by atoms with van der Waals surface area (Å²) < 4.78 is 21.7. The predicted molar refractivity (Wildman–Crippen MR) is 61.6 cm³/mol. The van der Waals surface area contributed by atoms with Gasteiger partial charge in [-0.2, -0.15) is 0 Å². The Morgan fingerprint density at radius 3 is 2.40 bits per heavy atom. The Morgan fingerprint density at radius 2 is 1.87 bits per heavy atom. The first kappa shape index (κ1) is 11.9. The first-order valence-electron chi connectivity index (χ1n) is 4.74. The zero-order valence-corrected chi connectivity index (χ0v) is 9.33. The monoisotopic (exact) mass is 225 g/mol. The smallest absolute Gasteiger partial charge is 0.225 e. The molecule has 0 unspecified atom stereocenters. The minimum Gasteiger partial charge on any atom is -0.225 e. The fourth-order valence-corrected chi connectivity index (χ4v) is 1.71. The van der Waals surface area contributed by atoms with Crippen LogP contribution in [0.3, 0.4) is 0 Å². The van der Waals surface area contributed by atoms with Crippen LogP contribution in [0.25, 0.3) is 0 Å². The molecule has 0 aliphatic rings. The van der Waals surface area contributed by atoms with Crippen LogP contribution in [-0.4, -0.2) is 8.42 Å². The highest BCUT2D eigenvalue weighted by Crippen LogP contribution is 2.11. The Balaban J connectivity index is 2.38. The Bertz CT molecular complexity index is 423. The maximum absolute atomic E-state index is 10.9. The van der Waals surface area contributed by atoms with Gasteiger partial charge in [0.05, 0.1) is 4.91 Å². The van der Waals surface area contributed by atoms with Gasteiger partial charge in [0.15, 0.2) is 0 Å². The number of nitrogens with two attached hydrogens (primary N) is 1. The molecule has 82 valence electrons. The summed E-state index contributed by atoms with van der Waals surface area (Å²) in [5.41, 5.74) is 1.19. The predicted octanol–water partition coefficient (Wildman–Crippen LogP) is 1.81. The lowest BCUT2D eigenvalue weighted by molar-refractivity contribution is 0.601. The van der Waals surface area contributed by atoms with Crippen LogP contribution in [0.15, 0.2) is 41.8 Å². The van der Waals surface area contributed by atoms with Crippen molar-refractivity contribution in [3.05, 3.63) is 47.4 Å². The van der Waals surface area contributed by atoms with Crippen molar-refractivity contribution >= 4 is 10.0 Å². The average molecular weight is 225 g/mol. The second-order valence-electron chi connectivity index (χ2n) is 3.42. The van der Waals surface area contributed by atoms with E-state index in [0.29, 0.717) is 6.42 Å². The molecule has 0 atom stereocenters. The highest BCUT2D eigenvalue weighted by molar-refractivity contribution is 7.93. The van der Waals surface area contributed by atoms with Gasteiger partial charge in [0.2, 0.25) is 10.0 Å². The molecular formula is C11H15NO2S. The second-order valence-corrected chi connectivity index (χ2v) is 5.09. The van der Waals surface area contributed by atoms with Crippen molar-refractivity contribution < 1.29 is 8.42 Å². The van der Waals surface area contributed by atoms with Crippen LogP contribution in [0, 0.1) is 0 Å². The third-order valence-corrected chi connectivity index (χ3v) is 3.18. The topological polar surface area (TPSA) is 60.2 Å². The van der Waals surface area contributed by atoms with Crippen molar-refractivity contribution in [1.29, 1.82) is 0 Å². The van der Waals surface area contributed by atoms with Crippen LogP contribution in [0.4, 0.5) is 0 Å². The first-order valence-corrected chi connectivity index (χ1v) is 6.29. The van der Waals surface area contributed by atoms with E-state index in [4.69, 9.17) is 5.14 Å². The molecule has 0 spiro atoms. The van der Waals surface area contributed by atoms with Crippen LogP contribution >= 0.6 is 0 Å². The van der Waals surface area contributed by atoms with Crippen LogP contribution in [0.2, 0.25) is 0 Å². The zero-order valence-electron chi connectivity index (χ0n) is 8.52. The van der Waals surface area contributed by atoms with Crippen molar-refractivity contribution in [2.45, 2.75) is 19.3 Å². The molecule has 1 aromatic carbocycles. The number of rotatable bonds is 5. The highest BCUT2D eigenvalue weighted by Gasteiger charge is 2.07. The van der Waals surface area contributed by atoms with Crippen molar-refractivity contribution in [3.8, 4) is 0 Å².